The highest BCUT2D eigenvalue weighted by molar-refractivity contribution is 6.31. The second-order valence-corrected chi connectivity index (χ2v) is 5.46. The van der Waals surface area contributed by atoms with E-state index in [2.05, 4.69) is 18.3 Å². The molecule has 21 heavy (non-hydrogen) atoms. The number of halogens is 1. The molecule has 0 aliphatic heterocycles. The summed E-state index contributed by atoms with van der Waals surface area (Å²) in [7, 11) is 0. The number of rotatable bonds is 5. The lowest BCUT2D eigenvalue weighted by atomic mass is 10.1. The summed E-state index contributed by atoms with van der Waals surface area (Å²) in [6.07, 6.45) is 1.88. The van der Waals surface area contributed by atoms with Gasteiger partial charge in [-0.15, -0.1) is 0 Å². The van der Waals surface area contributed by atoms with Crippen LogP contribution in [0.5, 0.6) is 5.75 Å². The molecule has 0 radical (unpaired) electrons. The van der Waals surface area contributed by atoms with Crippen LogP contribution >= 0.6 is 11.6 Å². The van der Waals surface area contributed by atoms with Gasteiger partial charge in [0.1, 0.15) is 11.8 Å². The topological polar surface area (TPSA) is 56.0 Å². The van der Waals surface area contributed by atoms with Crippen LogP contribution in [0, 0.1) is 11.3 Å². The molecule has 1 unspecified atom stereocenters. The minimum atomic E-state index is 0.270. The Morgan fingerprint density at radius 2 is 1.95 bits per heavy atom. The van der Waals surface area contributed by atoms with Crippen molar-refractivity contribution >= 4 is 17.3 Å². The maximum atomic E-state index is 9.25. The number of aryl methyl sites for hydroxylation is 1. The second-order valence-electron chi connectivity index (χ2n) is 5.06. The number of hydrogen-bond acceptors (Lipinski definition) is 3. The summed E-state index contributed by atoms with van der Waals surface area (Å²) in [5, 5.41) is 22.1. The van der Waals surface area contributed by atoms with E-state index in [1.54, 1.807) is 24.3 Å². The third kappa shape index (κ3) is 4.40. The summed E-state index contributed by atoms with van der Waals surface area (Å²) in [4.78, 5) is 0. The van der Waals surface area contributed by atoms with Gasteiger partial charge in [0.05, 0.1) is 10.6 Å². The van der Waals surface area contributed by atoms with E-state index in [1.165, 1.54) is 5.56 Å². The largest absolute Gasteiger partial charge is 0.508 e. The van der Waals surface area contributed by atoms with Crippen molar-refractivity contribution in [3.63, 3.8) is 0 Å². The molecule has 0 heterocycles. The molecule has 1 atom stereocenters. The van der Waals surface area contributed by atoms with Crippen molar-refractivity contribution in [2.75, 3.05) is 5.32 Å². The minimum absolute atomic E-state index is 0.270. The molecule has 0 aromatic heterocycles. The van der Waals surface area contributed by atoms with Crippen molar-refractivity contribution in [3.8, 4) is 11.8 Å². The molecule has 108 valence electrons. The number of benzene rings is 2. The maximum Gasteiger partial charge on any atom is 0.115 e. The van der Waals surface area contributed by atoms with Crippen molar-refractivity contribution in [1.29, 1.82) is 5.26 Å². The summed E-state index contributed by atoms with van der Waals surface area (Å²) < 4.78 is 0. The van der Waals surface area contributed by atoms with Crippen molar-refractivity contribution in [2.45, 2.75) is 25.8 Å². The lowest BCUT2D eigenvalue weighted by Crippen LogP contribution is -2.16. The molecule has 2 N–H and O–H groups in total. The fraction of sp³-hybridized carbons (Fsp3) is 0.235. The Kier molecular flexibility index (Phi) is 5.08. The first-order chi connectivity index (χ1) is 10.1. The molecule has 2 aromatic carbocycles. The molecule has 2 aromatic rings. The molecule has 0 saturated heterocycles. The van der Waals surface area contributed by atoms with Gasteiger partial charge in [-0.25, -0.2) is 0 Å². The predicted octanol–water partition coefficient (Wildman–Crippen LogP) is 4.35. The first-order valence-corrected chi connectivity index (χ1v) is 7.20. The SMILES string of the molecule is CC(CCc1ccc(O)cc1)Nc1ccc(Cl)c(C#N)c1. The van der Waals surface area contributed by atoms with Gasteiger partial charge in [-0.1, -0.05) is 23.7 Å². The van der Waals surface area contributed by atoms with Gasteiger partial charge in [0.2, 0.25) is 0 Å². The van der Waals surface area contributed by atoms with Gasteiger partial charge in [-0.2, -0.15) is 5.26 Å². The van der Waals surface area contributed by atoms with Gasteiger partial charge in [-0.3, -0.25) is 0 Å². The normalized spacial score (nSPS) is 11.7. The Balaban J connectivity index is 1.91. The van der Waals surface area contributed by atoms with Gasteiger partial charge in [0.15, 0.2) is 0 Å². The molecule has 0 aliphatic carbocycles. The van der Waals surface area contributed by atoms with Crippen LogP contribution in [0.2, 0.25) is 5.02 Å². The van der Waals surface area contributed by atoms with Crippen LogP contribution in [0.4, 0.5) is 5.69 Å². The molecule has 0 aliphatic rings. The van der Waals surface area contributed by atoms with E-state index in [4.69, 9.17) is 16.9 Å². The molecular weight excluding hydrogens is 284 g/mol. The van der Waals surface area contributed by atoms with Crippen LogP contribution in [0.3, 0.4) is 0 Å². The van der Waals surface area contributed by atoms with Gasteiger partial charge in [0.25, 0.3) is 0 Å². The van der Waals surface area contributed by atoms with Crippen molar-refractivity contribution in [3.05, 3.63) is 58.6 Å². The average Bonchev–Trinajstić information content (AvgIpc) is 2.48. The zero-order valence-electron chi connectivity index (χ0n) is 11.8. The summed E-state index contributed by atoms with van der Waals surface area (Å²) in [5.74, 6) is 0.287. The van der Waals surface area contributed by atoms with Crippen LogP contribution < -0.4 is 5.32 Å². The Labute approximate surface area is 129 Å². The molecule has 3 nitrogen and oxygen atoms in total. The van der Waals surface area contributed by atoms with Crippen LogP contribution in [-0.2, 0) is 6.42 Å². The molecule has 0 bridgehead atoms. The van der Waals surface area contributed by atoms with Crippen LogP contribution in [0.15, 0.2) is 42.5 Å². The van der Waals surface area contributed by atoms with E-state index in [0.717, 1.165) is 18.5 Å². The molecule has 0 saturated carbocycles. The van der Waals surface area contributed by atoms with Crippen LogP contribution in [-0.4, -0.2) is 11.1 Å². The highest BCUT2D eigenvalue weighted by atomic mass is 35.5. The summed E-state index contributed by atoms with van der Waals surface area (Å²) in [5.41, 5.74) is 2.57. The van der Waals surface area contributed by atoms with E-state index in [1.807, 2.05) is 18.2 Å². The van der Waals surface area contributed by atoms with Crippen molar-refractivity contribution in [2.24, 2.45) is 0 Å². The number of phenols is 1. The molecular formula is C17H17ClN2O. The van der Waals surface area contributed by atoms with Gasteiger partial charge in [0, 0.05) is 11.7 Å². The van der Waals surface area contributed by atoms with E-state index in [9.17, 15) is 5.11 Å². The fourth-order valence-electron chi connectivity index (χ4n) is 2.10. The lowest BCUT2D eigenvalue weighted by molar-refractivity contribution is 0.475. The quantitative estimate of drug-likeness (QED) is 0.863. The lowest BCUT2D eigenvalue weighted by Gasteiger charge is -2.15. The standard InChI is InChI=1S/C17H17ClN2O/c1-12(2-3-13-4-7-16(21)8-5-13)20-15-6-9-17(18)14(10-15)11-19/h4-10,12,20-21H,2-3H2,1H3. The highest BCUT2D eigenvalue weighted by Gasteiger charge is 2.05. The number of nitriles is 1. The van der Waals surface area contributed by atoms with E-state index in [-0.39, 0.29) is 11.8 Å². The Morgan fingerprint density at radius 1 is 1.24 bits per heavy atom. The number of aromatic hydroxyl groups is 1. The monoisotopic (exact) mass is 300 g/mol. The third-order valence-corrected chi connectivity index (χ3v) is 3.63. The Hall–Kier alpha value is -2.18. The number of nitrogens with one attached hydrogen (secondary N) is 1. The van der Waals surface area contributed by atoms with Gasteiger partial charge in [-0.05, 0) is 55.7 Å². The van der Waals surface area contributed by atoms with Crippen LogP contribution in [0.1, 0.15) is 24.5 Å². The summed E-state index contributed by atoms with van der Waals surface area (Å²) in [6, 6.07) is 15.0. The molecule has 0 amide bonds. The minimum Gasteiger partial charge on any atom is -0.508 e. The summed E-state index contributed by atoms with van der Waals surface area (Å²) in [6.45, 7) is 2.10. The van der Waals surface area contributed by atoms with E-state index >= 15 is 0 Å². The Morgan fingerprint density at radius 3 is 2.62 bits per heavy atom. The van der Waals surface area contributed by atoms with Gasteiger partial charge < -0.3 is 10.4 Å². The molecule has 2 rings (SSSR count). The van der Waals surface area contributed by atoms with E-state index < -0.39 is 0 Å². The maximum absolute atomic E-state index is 9.25. The molecule has 0 spiro atoms. The Bertz CT molecular complexity index is 647. The first kappa shape index (κ1) is 15.2. The number of anilines is 1. The number of phenolic OH excluding ortho intramolecular Hbond substituents is 1. The zero-order valence-corrected chi connectivity index (χ0v) is 12.6. The number of nitrogens with zero attached hydrogens (tertiary/aromatic N) is 1. The second kappa shape index (κ2) is 7.01. The third-order valence-electron chi connectivity index (χ3n) is 3.30. The van der Waals surface area contributed by atoms with Gasteiger partial charge >= 0.3 is 0 Å². The van der Waals surface area contributed by atoms with E-state index in [0.29, 0.717) is 10.6 Å². The van der Waals surface area contributed by atoms with Crippen molar-refractivity contribution in [1.82, 2.24) is 0 Å². The zero-order chi connectivity index (χ0) is 15.2. The number of hydrogen-bond donors (Lipinski definition) is 2. The predicted molar refractivity (Wildman–Crippen MR) is 85.7 cm³/mol. The first-order valence-electron chi connectivity index (χ1n) is 6.82. The fourth-order valence-corrected chi connectivity index (χ4v) is 2.26. The van der Waals surface area contributed by atoms with Crippen molar-refractivity contribution < 1.29 is 5.11 Å². The molecule has 4 heteroatoms. The smallest absolute Gasteiger partial charge is 0.115 e. The van der Waals surface area contributed by atoms with Crippen LogP contribution in [0.25, 0.3) is 0 Å². The molecule has 0 fully saturated rings. The average molecular weight is 301 g/mol. The summed E-state index contributed by atoms with van der Waals surface area (Å²) >= 11 is 5.92. The highest BCUT2D eigenvalue weighted by Crippen LogP contribution is 2.21.